The second-order valence-electron chi connectivity index (χ2n) is 6.87. The SMILES string of the molecule is CN(C)c1cc(C(=O)N2CC[C@H]3[C@@H](C2)C3(F)F)c2ccccc2n1. The van der Waals surface area contributed by atoms with Crippen molar-refractivity contribution in [2.24, 2.45) is 11.8 Å². The van der Waals surface area contributed by atoms with Crippen LogP contribution in [0.25, 0.3) is 10.9 Å². The zero-order valence-corrected chi connectivity index (χ0v) is 13.7. The van der Waals surface area contributed by atoms with Gasteiger partial charge in [-0.2, -0.15) is 0 Å². The molecule has 0 unspecified atom stereocenters. The first-order valence-electron chi connectivity index (χ1n) is 8.14. The number of alkyl halides is 2. The molecule has 0 N–H and O–H groups in total. The maximum atomic E-state index is 13.6. The van der Waals surface area contributed by atoms with Crippen LogP contribution >= 0.6 is 0 Å². The summed E-state index contributed by atoms with van der Waals surface area (Å²) < 4.78 is 27.2. The Labute approximate surface area is 139 Å². The fourth-order valence-corrected chi connectivity index (χ4v) is 3.65. The number of halogens is 2. The summed E-state index contributed by atoms with van der Waals surface area (Å²) in [6, 6.07) is 9.20. The average Bonchev–Trinajstić information content (AvgIpc) is 3.14. The van der Waals surface area contributed by atoms with Crippen molar-refractivity contribution in [2.75, 3.05) is 32.1 Å². The molecule has 2 atom stereocenters. The number of para-hydroxylation sites is 1. The maximum Gasteiger partial charge on any atom is 0.256 e. The van der Waals surface area contributed by atoms with Crippen molar-refractivity contribution in [3.05, 3.63) is 35.9 Å². The molecule has 126 valence electrons. The predicted octanol–water partition coefficient (Wildman–Crippen LogP) is 3.03. The molecule has 2 fully saturated rings. The van der Waals surface area contributed by atoms with Crippen LogP contribution < -0.4 is 4.90 Å². The van der Waals surface area contributed by atoms with Crippen LogP contribution in [0.15, 0.2) is 30.3 Å². The fourth-order valence-electron chi connectivity index (χ4n) is 3.65. The number of aromatic nitrogens is 1. The van der Waals surface area contributed by atoms with Crippen LogP contribution in [0.1, 0.15) is 16.8 Å². The van der Waals surface area contributed by atoms with Crippen molar-refractivity contribution in [1.82, 2.24) is 9.88 Å². The van der Waals surface area contributed by atoms with E-state index in [1.165, 1.54) is 0 Å². The molecule has 1 amide bonds. The summed E-state index contributed by atoms with van der Waals surface area (Å²) in [4.78, 5) is 21.0. The molecule has 2 aromatic rings. The van der Waals surface area contributed by atoms with Crippen molar-refractivity contribution in [2.45, 2.75) is 12.3 Å². The van der Waals surface area contributed by atoms with E-state index in [-0.39, 0.29) is 12.5 Å². The van der Waals surface area contributed by atoms with Gasteiger partial charge in [0.2, 0.25) is 0 Å². The lowest BCUT2D eigenvalue weighted by Crippen LogP contribution is -2.37. The third kappa shape index (κ3) is 2.24. The minimum absolute atomic E-state index is 0.143. The normalized spacial score (nSPS) is 24.6. The Balaban J connectivity index is 1.71. The molecule has 4 nitrogen and oxygen atoms in total. The number of likely N-dealkylation sites (tertiary alicyclic amines) is 1. The molecule has 1 aromatic carbocycles. The zero-order chi connectivity index (χ0) is 17.1. The van der Waals surface area contributed by atoms with Gasteiger partial charge < -0.3 is 9.80 Å². The molecule has 0 spiro atoms. The number of anilines is 1. The Hall–Kier alpha value is -2.24. The number of carbonyl (C=O) groups excluding carboxylic acids is 1. The topological polar surface area (TPSA) is 36.4 Å². The number of fused-ring (bicyclic) bond motifs is 2. The van der Waals surface area contributed by atoms with Gasteiger partial charge in [-0.1, -0.05) is 18.2 Å². The van der Waals surface area contributed by atoms with Gasteiger partial charge in [0.15, 0.2) is 0 Å². The average molecular weight is 331 g/mol. The second kappa shape index (κ2) is 5.13. The second-order valence-corrected chi connectivity index (χ2v) is 6.87. The number of hydrogen-bond donors (Lipinski definition) is 0. The van der Waals surface area contributed by atoms with E-state index >= 15 is 0 Å². The summed E-state index contributed by atoms with van der Waals surface area (Å²) in [7, 11) is 3.73. The van der Waals surface area contributed by atoms with Gasteiger partial charge >= 0.3 is 0 Å². The molecule has 24 heavy (non-hydrogen) atoms. The predicted molar refractivity (Wildman–Crippen MR) is 88.5 cm³/mol. The summed E-state index contributed by atoms with van der Waals surface area (Å²) in [5, 5.41) is 0.762. The van der Waals surface area contributed by atoms with Gasteiger partial charge in [-0.25, -0.2) is 13.8 Å². The summed E-state index contributed by atoms with van der Waals surface area (Å²) >= 11 is 0. The van der Waals surface area contributed by atoms with E-state index in [1.54, 1.807) is 11.0 Å². The zero-order valence-electron chi connectivity index (χ0n) is 13.7. The number of amides is 1. The highest BCUT2D eigenvalue weighted by Crippen LogP contribution is 2.59. The van der Waals surface area contributed by atoms with Gasteiger partial charge in [-0.05, 0) is 18.6 Å². The summed E-state index contributed by atoms with van der Waals surface area (Å²) in [6.07, 6.45) is 0.382. The Morgan fingerprint density at radius 1 is 1.29 bits per heavy atom. The first-order valence-corrected chi connectivity index (χ1v) is 8.14. The van der Waals surface area contributed by atoms with Gasteiger partial charge in [0.25, 0.3) is 11.8 Å². The lowest BCUT2D eigenvalue weighted by atomic mass is 10.1. The van der Waals surface area contributed by atoms with Crippen LogP contribution in [-0.2, 0) is 0 Å². The number of pyridine rings is 1. The van der Waals surface area contributed by atoms with Crippen molar-refractivity contribution < 1.29 is 13.6 Å². The molecule has 0 bridgehead atoms. The van der Waals surface area contributed by atoms with E-state index in [4.69, 9.17) is 0 Å². The third-order valence-electron chi connectivity index (χ3n) is 5.17. The monoisotopic (exact) mass is 331 g/mol. The van der Waals surface area contributed by atoms with Crippen LogP contribution in [0.5, 0.6) is 0 Å². The molecule has 1 aliphatic heterocycles. The van der Waals surface area contributed by atoms with Crippen LogP contribution in [0.3, 0.4) is 0 Å². The lowest BCUT2D eigenvalue weighted by Gasteiger charge is -2.26. The highest BCUT2D eigenvalue weighted by Gasteiger charge is 2.69. The summed E-state index contributed by atoms with van der Waals surface area (Å²) in [5.74, 6) is -3.30. The largest absolute Gasteiger partial charge is 0.363 e. The van der Waals surface area contributed by atoms with Crippen molar-refractivity contribution >= 4 is 22.6 Å². The van der Waals surface area contributed by atoms with Crippen LogP contribution in [0.2, 0.25) is 0 Å². The summed E-state index contributed by atoms with van der Waals surface area (Å²) in [6.45, 7) is 0.536. The molecule has 0 radical (unpaired) electrons. The van der Waals surface area contributed by atoms with Crippen LogP contribution in [0.4, 0.5) is 14.6 Å². The molecule has 6 heteroatoms. The molecular formula is C18H19F2N3O. The number of piperidine rings is 1. The molecule has 2 aliphatic rings. The highest BCUT2D eigenvalue weighted by molar-refractivity contribution is 6.07. The van der Waals surface area contributed by atoms with E-state index < -0.39 is 17.8 Å². The van der Waals surface area contributed by atoms with Gasteiger partial charge in [-0.15, -0.1) is 0 Å². The van der Waals surface area contributed by atoms with Gasteiger partial charge in [0.05, 0.1) is 11.1 Å². The smallest absolute Gasteiger partial charge is 0.256 e. The maximum absolute atomic E-state index is 13.6. The van der Waals surface area contributed by atoms with Crippen LogP contribution in [0, 0.1) is 11.8 Å². The number of rotatable bonds is 2. The molecule has 1 aliphatic carbocycles. The fraction of sp³-hybridized carbons (Fsp3) is 0.444. The van der Waals surface area contributed by atoms with Crippen LogP contribution in [-0.4, -0.2) is 48.9 Å². The minimum atomic E-state index is -2.59. The van der Waals surface area contributed by atoms with Gasteiger partial charge in [0, 0.05) is 44.4 Å². The first-order chi connectivity index (χ1) is 11.4. The van der Waals surface area contributed by atoms with E-state index in [9.17, 15) is 13.6 Å². The number of hydrogen-bond acceptors (Lipinski definition) is 3. The highest BCUT2D eigenvalue weighted by atomic mass is 19.3. The minimum Gasteiger partial charge on any atom is -0.363 e. The van der Waals surface area contributed by atoms with Crippen molar-refractivity contribution in [1.29, 1.82) is 0 Å². The molecule has 1 saturated heterocycles. The Kier molecular flexibility index (Phi) is 3.27. The molecule has 4 rings (SSSR count). The van der Waals surface area contributed by atoms with Gasteiger partial charge in [0.1, 0.15) is 5.82 Å². The Bertz CT molecular complexity index is 821. The first kappa shape index (κ1) is 15.3. The quantitative estimate of drug-likeness (QED) is 0.849. The number of nitrogens with zero attached hydrogens (tertiary/aromatic N) is 3. The standard InChI is InChI=1S/C18H19F2N3O/c1-22(2)16-9-12(11-5-3-4-6-15(11)21-16)17(24)23-8-7-13-14(10-23)18(13,19)20/h3-6,9,13-14H,7-8,10H2,1-2H3/t13-,14+/m0/s1. The summed E-state index contributed by atoms with van der Waals surface area (Å²) in [5.41, 5.74) is 1.27. The number of benzene rings is 1. The molecule has 1 saturated carbocycles. The molecular weight excluding hydrogens is 312 g/mol. The third-order valence-corrected chi connectivity index (χ3v) is 5.17. The van der Waals surface area contributed by atoms with E-state index in [0.717, 1.165) is 10.9 Å². The van der Waals surface area contributed by atoms with Crippen molar-refractivity contribution in [3.8, 4) is 0 Å². The van der Waals surface area contributed by atoms with Crippen molar-refractivity contribution in [3.63, 3.8) is 0 Å². The Morgan fingerprint density at radius 3 is 2.75 bits per heavy atom. The molecule has 1 aromatic heterocycles. The van der Waals surface area contributed by atoms with E-state index in [0.29, 0.717) is 24.3 Å². The van der Waals surface area contributed by atoms with E-state index in [1.807, 2.05) is 43.3 Å². The van der Waals surface area contributed by atoms with Gasteiger partial charge in [-0.3, -0.25) is 4.79 Å². The Morgan fingerprint density at radius 2 is 2.04 bits per heavy atom. The molecule has 2 heterocycles. The number of carbonyl (C=O) groups is 1. The lowest BCUT2D eigenvalue weighted by molar-refractivity contribution is 0.0692. The van der Waals surface area contributed by atoms with E-state index in [2.05, 4.69) is 4.98 Å².